The van der Waals surface area contributed by atoms with Crippen LogP contribution < -0.4 is 5.32 Å². The van der Waals surface area contributed by atoms with Gasteiger partial charge in [-0.3, -0.25) is 0 Å². The molecule has 0 amide bonds. The van der Waals surface area contributed by atoms with Crippen molar-refractivity contribution in [2.24, 2.45) is 5.92 Å². The van der Waals surface area contributed by atoms with Crippen LogP contribution >= 0.6 is 11.6 Å². The lowest BCUT2D eigenvalue weighted by Gasteiger charge is -2.40. The number of hydrogen-bond donors (Lipinski definition) is 1. The van der Waals surface area contributed by atoms with Gasteiger partial charge in [-0.2, -0.15) is 0 Å². The maximum absolute atomic E-state index is 13.4. The number of nitrogens with zero attached hydrogens (tertiary/aromatic N) is 1. The molecule has 0 radical (unpaired) electrons. The Hall–Kier alpha value is -0.800. The topological polar surface area (TPSA) is 15.3 Å². The zero-order valence-electron chi connectivity index (χ0n) is 11.1. The first-order valence-electron chi connectivity index (χ1n) is 6.39. The fourth-order valence-corrected chi connectivity index (χ4v) is 2.66. The van der Waals surface area contributed by atoms with E-state index in [1.165, 1.54) is 6.07 Å². The number of halogens is 2. The van der Waals surface area contributed by atoms with Gasteiger partial charge < -0.3 is 10.2 Å². The summed E-state index contributed by atoms with van der Waals surface area (Å²) in [6, 6.07) is 5.84. The molecule has 0 aliphatic carbocycles. The lowest BCUT2D eigenvalue weighted by Crippen LogP contribution is -2.48. The van der Waals surface area contributed by atoms with Gasteiger partial charge in [-0.1, -0.05) is 18.5 Å². The minimum Gasteiger partial charge on any atom is -0.382 e. The summed E-state index contributed by atoms with van der Waals surface area (Å²) in [4.78, 5) is 2.37. The van der Waals surface area contributed by atoms with E-state index >= 15 is 0 Å². The van der Waals surface area contributed by atoms with Crippen LogP contribution in [-0.4, -0.2) is 30.6 Å². The first-order chi connectivity index (χ1) is 8.47. The van der Waals surface area contributed by atoms with Crippen LogP contribution in [0.25, 0.3) is 0 Å². The summed E-state index contributed by atoms with van der Waals surface area (Å²) in [7, 11) is 2.15. The molecule has 1 aromatic carbocycles. The molecule has 3 atom stereocenters. The van der Waals surface area contributed by atoms with E-state index in [2.05, 4.69) is 31.1 Å². The predicted molar refractivity (Wildman–Crippen MR) is 74.7 cm³/mol. The Balaban J connectivity index is 2.06. The fourth-order valence-electron chi connectivity index (χ4n) is 2.54. The van der Waals surface area contributed by atoms with E-state index in [-0.39, 0.29) is 10.8 Å². The molecule has 1 aliphatic rings. The molecule has 100 valence electrons. The number of hydrogen-bond acceptors (Lipinski definition) is 2. The van der Waals surface area contributed by atoms with Gasteiger partial charge in [0.15, 0.2) is 0 Å². The quantitative estimate of drug-likeness (QED) is 0.883. The van der Waals surface area contributed by atoms with Crippen LogP contribution in [0, 0.1) is 11.7 Å². The summed E-state index contributed by atoms with van der Waals surface area (Å²) in [5, 5.41) is 3.60. The van der Waals surface area contributed by atoms with Crippen molar-refractivity contribution >= 4 is 17.3 Å². The average molecular weight is 271 g/mol. The molecule has 2 rings (SSSR count). The Morgan fingerprint density at radius 1 is 1.39 bits per heavy atom. The van der Waals surface area contributed by atoms with Gasteiger partial charge >= 0.3 is 0 Å². The zero-order chi connectivity index (χ0) is 13.3. The van der Waals surface area contributed by atoms with E-state index in [9.17, 15) is 4.39 Å². The van der Waals surface area contributed by atoms with Gasteiger partial charge in [-0.05, 0) is 44.5 Å². The summed E-state index contributed by atoms with van der Waals surface area (Å²) in [5.41, 5.74) is 0.811. The second kappa shape index (κ2) is 5.45. The maximum Gasteiger partial charge on any atom is 0.143 e. The van der Waals surface area contributed by atoms with E-state index in [0.29, 0.717) is 18.0 Å². The Morgan fingerprint density at radius 2 is 2.11 bits per heavy atom. The Bertz CT molecular complexity index is 424. The smallest absolute Gasteiger partial charge is 0.143 e. The average Bonchev–Trinajstić information content (AvgIpc) is 2.31. The van der Waals surface area contributed by atoms with E-state index in [0.717, 1.165) is 18.7 Å². The molecule has 0 bridgehead atoms. The Kier molecular flexibility index (Phi) is 4.13. The molecule has 1 heterocycles. The van der Waals surface area contributed by atoms with Crippen molar-refractivity contribution in [1.29, 1.82) is 0 Å². The van der Waals surface area contributed by atoms with Gasteiger partial charge in [0, 0.05) is 24.3 Å². The highest BCUT2D eigenvalue weighted by Gasteiger charge is 2.28. The highest BCUT2D eigenvalue weighted by molar-refractivity contribution is 6.30. The van der Waals surface area contributed by atoms with Gasteiger partial charge in [0.05, 0.1) is 5.02 Å². The molecular formula is C14H20ClFN2. The van der Waals surface area contributed by atoms with Crippen LogP contribution in [0.3, 0.4) is 0 Å². The van der Waals surface area contributed by atoms with Crippen molar-refractivity contribution in [3.8, 4) is 0 Å². The minimum atomic E-state index is -0.365. The molecule has 1 aromatic rings. The van der Waals surface area contributed by atoms with Crippen LogP contribution in [0.5, 0.6) is 0 Å². The first kappa shape index (κ1) is 13.6. The summed E-state index contributed by atoms with van der Waals surface area (Å²) in [6.45, 7) is 5.52. The molecule has 1 N–H and O–H groups in total. The van der Waals surface area contributed by atoms with Crippen molar-refractivity contribution in [3.63, 3.8) is 0 Å². The van der Waals surface area contributed by atoms with Crippen molar-refractivity contribution < 1.29 is 4.39 Å². The largest absolute Gasteiger partial charge is 0.382 e. The molecule has 0 aromatic heterocycles. The molecule has 0 spiro atoms. The van der Waals surface area contributed by atoms with Gasteiger partial charge in [0.2, 0.25) is 0 Å². The number of piperidine rings is 1. The summed E-state index contributed by atoms with van der Waals surface area (Å²) in [5.74, 6) is 0.181. The van der Waals surface area contributed by atoms with Crippen LogP contribution in [0.4, 0.5) is 10.1 Å². The Morgan fingerprint density at radius 3 is 2.78 bits per heavy atom. The van der Waals surface area contributed by atoms with Crippen molar-refractivity contribution in [1.82, 2.24) is 4.90 Å². The maximum atomic E-state index is 13.4. The zero-order valence-corrected chi connectivity index (χ0v) is 11.8. The van der Waals surface area contributed by atoms with Gasteiger partial charge in [-0.25, -0.2) is 4.39 Å². The highest BCUT2D eigenvalue weighted by atomic mass is 35.5. The number of nitrogens with one attached hydrogen (secondary N) is 1. The molecule has 2 nitrogen and oxygen atoms in total. The van der Waals surface area contributed by atoms with Gasteiger partial charge in [-0.15, -0.1) is 0 Å². The van der Waals surface area contributed by atoms with Crippen molar-refractivity contribution in [2.45, 2.75) is 32.4 Å². The van der Waals surface area contributed by atoms with E-state index < -0.39 is 0 Å². The molecule has 1 aliphatic heterocycles. The van der Waals surface area contributed by atoms with E-state index in [1.54, 1.807) is 6.07 Å². The first-order valence-corrected chi connectivity index (χ1v) is 6.77. The standard InChI is InChI=1S/C14H20ClFN2/c1-9-8-18(3)10(2)6-14(9)17-11-4-5-12(15)13(16)7-11/h4-5,7,9-10,14,17H,6,8H2,1-3H3. The van der Waals surface area contributed by atoms with Gasteiger partial charge in [0.25, 0.3) is 0 Å². The normalized spacial score (nSPS) is 29.3. The predicted octanol–water partition coefficient (Wildman–Crippen LogP) is 3.62. The van der Waals surface area contributed by atoms with Crippen LogP contribution in [0.15, 0.2) is 18.2 Å². The third-order valence-corrected chi connectivity index (χ3v) is 4.19. The number of likely N-dealkylation sites (tertiary alicyclic amines) is 1. The van der Waals surface area contributed by atoms with Crippen LogP contribution in [0.2, 0.25) is 5.02 Å². The molecule has 18 heavy (non-hydrogen) atoms. The van der Waals surface area contributed by atoms with Crippen LogP contribution in [0.1, 0.15) is 20.3 Å². The monoisotopic (exact) mass is 270 g/mol. The van der Waals surface area contributed by atoms with Crippen LogP contribution in [-0.2, 0) is 0 Å². The highest BCUT2D eigenvalue weighted by Crippen LogP contribution is 2.26. The van der Waals surface area contributed by atoms with E-state index in [4.69, 9.17) is 11.6 Å². The third kappa shape index (κ3) is 2.96. The summed E-state index contributed by atoms with van der Waals surface area (Å²) >= 11 is 5.68. The Labute approximate surface area is 113 Å². The third-order valence-electron chi connectivity index (χ3n) is 3.88. The molecule has 1 fully saturated rings. The van der Waals surface area contributed by atoms with E-state index in [1.807, 2.05) is 6.07 Å². The summed E-state index contributed by atoms with van der Waals surface area (Å²) < 4.78 is 13.4. The number of anilines is 1. The molecular weight excluding hydrogens is 251 g/mol. The minimum absolute atomic E-state index is 0.172. The van der Waals surface area contributed by atoms with Crippen molar-refractivity contribution in [2.75, 3.05) is 18.9 Å². The fraction of sp³-hybridized carbons (Fsp3) is 0.571. The molecule has 4 heteroatoms. The molecule has 3 unspecified atom stereocenters. The number of benzene rings is 1. The summed E-state index contributed by atoms with van der Waals surface area (Å²) in [6.07, 6.45) is 1.07. The second-order valence-electron chi connectivity index (χ2n) is 5.38. The second-order valence-corrected chi connectivity index (χ2v) is 5.79. The lowest BCUT2D eigenvalue weighted by molar-refractivity contribution is 0.145. The van der Waals surface area contributed by atoms with Gasteiger partial charge in [0.1, 0.15) is 5.82 Å². The van der Waals surface area contributed by atoms with Crippen molar-refractivity contribution in [3.05, 3.63) is 29.0 Å². The SMILES string of the molecule is CC1CN(C)C(C)CC1Nc1ccc(Cl)c(F)c1. The molecule has 1 saturated heterocycles. The number of rotatable bonds is 2. The lowest BCUT2D eigenvalue weighted by atomic mass is 9.89. The molecule has 0 saturated carbocycles.